The van der Waals surface area contributed by atoms with E-state index in [9.17, 15) is 8.42 Å². The molecule has 2 atom stereocenters. The van der Waals surface area contributed by atoms with Gasteiger partial charge in [0.2, 0.25) is 10.0 Å². The Balaban J connectivity index is 2.21. The fourth-order valence-electron chi connectivity index (χ4n) is 2.66. The van der Waals surface area contributed by atoms with E-state index >= 15 is 0 Å². The van der Waals surface area contributed by atoms with Gasteiger partial charge >= 0.3 is 0 Å². The minimum absolute atomic E-state index is 0.0331. The largest absolute Gasteiger partial charge is 0.398 e. The zero-order valence-corrected chi connectivity index (χ0v) is 13.6. The van der Waals surface area contributed by atoms with Gasteiger partial charge in [-0.1, -0.05) is 19.4 Å². The smallest absolute Gasteiger partial charge is 0.241 e. The third-order valence-electron chi connectivity index (χ3n) is 3.76. The number of anilines is 1. The molecule has 20 heavy (non-hydrogen) atoms. The summed E-state index contributed by atoms with van der Waals surface area (Å²) in [5, 5.41) is 0.385. The number of hydrogen-bond donors (Lipinski definition) is 2. The number of sulfonamides is 1. The summed E-state index contributed by atoms with van der Waals surface area (Å²) in [6.45, 7) is 3.85. The van der Waals surface area contributed by atoms with Crippen LogP contribution in [-0.4, -0.2) is 25.5 Å². The van der Waals surface area contributed by atoms with Gasteiger partial charge in [0.1, 0.15) is 0 Å². The van der Waals surface area contributed by atoms with Gasteiger partial charge in [-0.3, -0.25) is 0 Å². The van der Waals surface area contributed by atoms with Crippen molar-refractivity contribution in [3.05, 3.63) is 23.8 Å². The number of nitrogen functional groups attached to an aromatic ring is 1. The summed E-state index contributed by atoms with van der Waals surface area (Å²) in [7, 11) is -3.49. The molecule has 4 nitrogen and oxygen atoms in total. The van der Waals surface area contributed by atoms with E-state index in [0.29, 0.717) is 21.4 Å². The SMILES string of the molecule is CCSC1CCCC1NS(=O)(=O)c1cccc(N)c1C. The van der Waals surface area contributed by atoms with Crippen LogP contribution in [0.3, 0.4) is 0 Å². The molecule has 1 aliphatic carbocycles. The third-order valence-corrected chi connectivity index (χ3v) is 6.72. The lowest BCUT2D eigenvalue weighted by molar-refractivity contribution is 0.554. The van der Waals surface area contributed by atoms with Gasteiger partial charge < -0.3 is 5.73 Å². The highest BCUT2D eigenvalue weighted by atomic mass is 32.2. The molecule has 3 N–H and O–H groups in total. The average molecular weight is 314 g/mol. The van der Waals surface area contributed by atoms with Crippen LogP contribution in [0.4, 0.5) is 5.69 Å². The van der Waals surface area contributed by atoms with Gasteiger partial charge in [0.15, 0.2) is 0 Å². The molecule has 0 heterocycles. The molecule has 0 bridgehead atoms. The lowest BCUT2D eigenvalue weighted by atomic mass is 10.2. The summed E-state index contributed by atoms with van der Waals surface area (Å²) in [6.07, 6.45) is 3.08. The topological polar surface area (TPSA) is 72.2 Å². The predicted molar refractivity (Wildman–Crippen MR) is 85.5 cm³/mol. The second-order valence-corrected chi connectivity index (χ2v) is 8.32. The molecular weight excluding hydrogens is 292 g/mol. The number of benzene rings is 1. The Hall–Kier alpha value is -0.720. The molecule has 0 spiro atoms. The monoisotopic (exact) mass is 314 g/mol. The fourth-order valence-corrected chi connectivity index (χ4v) is 5.53. The Morgan fingerprint density at radius 3 is 2.85 bits per heavy atom. The Morgan fingerprint density at radius 2 is 2.15 bits per heavy atom. The molecule has 0 aliphatic heterocycles. The van der Waals surface area contributed by atoms with E-state index in [1.807, 2.05) is 11.8 Å². The van der Waals surface area contributed by atoms with E-state index in [1.54, 1.807) is 25.1 Å². The molecule has 2 unspecified atom stereocenters. The van der Waals surface area contributed by atoms with Crippen LogP contribution in [0.25, 0.3) is 0 Å². The molecule has 1 saturated carbocycles. The number of thioether (sulfide) groups is 1. The lowest BCUT2D eigenvalue weighted by Crippen LogP contribution is -2.39. The molecule has 1 aromatic rings. The summed E-state index contributed by atoms with van der Waals surface area (Å²) in [5.74, 6) is 1.01. The van der Waals surface area contributed by atoms with E-state index in [1.165, 1.54) is 0 Å². The molecular formula is C14H22N2O2S2. The second-order valence-electron chi connectivity index (χ2n) is 5.12. The van der Waals surface area contributed by atoms with Crippen LogP contribution in [0.5, 0.6) is 0 Å². The van der Waals surface area contributed by atoms with Crippen molar-refractivity contribution in [3.8, 4) is 0 Å². The van der Waals surface area contributed by atoms with Crippen molar-refractivity contribution in [2.24, 2.45) is 0 Å². The Morgan fingerprint density at radius 1 is 1.40 bits per heavy atom. The number of nitrogens with two attached hydrogens (primary N) is 1. The molecule has 0 aromatic heterocycles. The standard InChI is InChI=1S/C14H22N2O2S2/c1-3-19-13-8-5-7-12(13)16-20(17,18)14-9-4-6-11(15)10(14)2/h4,6,9,12-13,16H,3,5,7-8,15H2,1-2H3. The zero-order valence-electron chi connectivity index (χ0n) is 11.9. The molecule has 0 amide bonds. The first kappa shape index (κ1) is 15.7. The van der Waals surface area contributed by atoms with Crippen LogP contribution in [0.15, 0.2) is 23.1 Å². The van der Waals surface area contributed by atoms with Crippen LogP contribution in [0, 0.1) is 6.92 Å². The summed E-state index contributed by atoms with van der Waals surface area (Å²) in [6, 6.07) is 5.06. The number of hydrogen-bond acceptors (Lipinski definition) is 4. The van der Waals surface area contributed by atoms with Gasteiger partial charge in [-0.2, -0.15) is 11.8 Å². The molecule has 112 valence electrons. The normalized spacial score (nSPS) is 23.1. The summed E-state index contributed by atoms with van der Waals surface area (Å²) < 4.78 is 27.9. The predicted octanol–water partition coefficient (Wildman–Crippen LogP) is 2.53. The molecule has 6 heteroatoms. The zero-order chi connectivity index (χ0) is 14.8. The van der Waals surface area contributed by atoms with E-state index in [-0.39, 0.29) is 6.04 Å². The number of nitrogens with one attached hydrogen (secondary N) is 1. The van der Waals surface area contributed by atoms with Crippen molar-refractivity contribution in [3.63, 3.8) is 0 Å². The fraction of sp³-hybridized carbons (Fsp3) is 0.571. The summed E-state index contributed by atoms with van der Waals surface area (Å²) in [5.41, 5.74) is 6.94. The molecule has 1 fully saturated rings. The highest BCUT2D eigenvalue weighted by Gasteiger charge is 2.31. The molecule has 2 rings (SSSR count). The Kier molecular flexibility index (Phi) is 4.99. The second kappa shape index (κ2) is 6.37. The lowest BCUT2D eigenvalue weighted by Gasteiger charge is -2.21. The molecule has 1 aliphatic rings. The van der Waals surface area contributed by atoms with E-state index in [4.69, 9.17) is 5.73 Å². The van der Waals surface area contributed by atoms with Gasteiger partial charge in [0, 0.05) is 17.0 Å². The van der Waals surface area contributed by atoms with Crippen LogP contribution < -0.4 is 10.5 Å². The minimum atomic E-state index is -3.49. The van der Waals surface area contributed by atoms with Crippen molar-refractivity contribution < 1.29 is 8.42 Å². The molecule has 0 saturated heterocycles. The van der Waals surface area contributed by atoms with Crippen molar-refractivity contribution in [1.29, 1.82) is 0 Å². The average Bonchev–Trinajstić information content (AvgIpc) is 2.80. The quantitative estimate of drug-likeness (QED) is 0.819. The first-order valence-corrected chi connectivity index (χ1v) is 9.48. The van der Waals surface area contributed by atoms with Crippen LogP contribution in [0.2, 0.25) is 0 Å². The van der Waals surface area contributed by atoms with Crippen LogP contribution in [0.1, 0.15) is 31.7 Å². The Bertz CT molecular complexity index is 573. The van der Waals surface area contributed by atoms with Gasteiger partial charge in [0.05, 0.1) is 4.90 Å². The maximum atomic E-state index is 12.5. The number of rotatable bonds is 5. The van der Waals surface area contributed by atoms with Crippen molar-refractivity contribution in [1.82, 2.24) is 4.72 Å². The highest BCUT2D eigenvalue weighted by molar-refractivity contribution is 8.00. The maximum Gasteiger partial charge on any atom is 0.241 e. The van der Waals surface area contributed by atoms with Gasteiger partial charge in [0.25, 0.3) is 0 Å². The van der Waals surface area contributed by atoms with Crippen LogP contribution in [-0.2, 0) is 10.0 Å². The Labute approximate surface area is 125 Å². The van der Waals surface area contributed by atoms with E-state index in [2.05, 4.69) is 11.6 Å². The van der Waals surface area contributed by atoms with Gasteiger partial charge in [-0.05, 0) is 43.2 Å². The van der Waals surface area contributed by atoms with Crippen molar-refractivity contribution >= 4 is 27.5 Å². The minimum Gasteiger partial charge on any atom is -0.398 e. The third kappa shape index (κ3) is 3.30. The maximum absolute atomic E-state index is 12.5. The van der Waals surface area contributed by atoms with Gasteiger partial charge in [-0.25, -0.2) is 13.1 Å². The van der Waals surface area contributed by atoms with Crippen LogP contribution >= 0.6 is 11.8 Å². The summed E-state index contributed by atoms with van der Waals surface area (Å²) in [4.78, 5) is 0.296. The molecule has 1 aromatic carbocycles. The van der Waals surface area contributed by atoms with Crippen molar-refractivity contribution in [2.45, 2.75) is 49.3 Å². The molecule has 0 radical (unpaired) electrons. The first-order chi connectivity index (χ1) is 9.45. The van der Waals surface area contributed by atoms with E-state index in [0.717, 1.165) is 25.0 Å². The summed E-state index contributed by atoms with van der Waals surface area (Å²) >= 11 is 1.84. The van der Waals surface area contributed by atoms with Crippen molar-refractivity contribution in [2.75, 3.05) is 11.5 Å². The highest BCUT2D eigenvalue weighted by Crippen LogP contribution is 2.31. The van der Waals surface area contributed by atoms with E-state index < -0.39 is 10.0 Å². The first-order valence-electron chi connectivity index (χ1n) is 6.94. The van der Waals surface area contributed by atoms with Gasteiger partial charge in [-0.15, -0.1) is 0 Å².